The number of nitrogens with zero attached hydrogens (tertiary/aromatic N) is 3. The second kappa shape index (κ2) is 13.0. The zero-order chi connectivity index (χ0) is 21.3. The molecule has 0 amide bonds. The Labute approximate surface area is 194 Å². The van der Waals surface area contributed by atoms with E-state index < -0.39 is 12.7 Å². The SMILES string of the molecule is C=CCOc1ccccc1CNC(=NC)N1CCC(CN(CC)CC(F)(F)F)C1.I. The molecular weight excluding hydrogens is 508 g/mol. The molecule has 1 aliphatic heterocycles. The third kappa shape index (κ3) is 8.71. The van der Waals surface area contributed by atoms with Crippen LogP contribution in [0.5, 0.6) is 5.75 Å². The van der Waals surface area contributed by atoms with Crippen LogP contribution in [0.2, 0.25) is 0 Å². The average Bonchev–Trinajstić information content (AvgIpc) is 3.14. The Morgan fingerprint density at radius 1 is 1.40 bits per heavy atom. The Balaban J connectivity index is 0.00000450. The Morgan fingerprint density at radius 2 is 2.13 bits per heavy atom. The lowest BCUT2D eigenvalue weighted by atomic mass is 10.1. The lowest BCUT2D eigenvalue weighted by Crippen LogP contribution is -2.41. The van der Waals surface area contributed by atoms with Crippen molar-refractivity contribution in [2.75, 3.05) is 46.4 Å². The summed E-state index contributed by atoms with van der Waals surface area (Å²) in [6.45, 7) is 7.89. The summed E-state index contributed by atoms with van der Waals surface area (Å²) in [6.07, 6.45) is -1.60. The summed E-state index contributed by atoms with van der Waals surface area (Å²) in [5.74, 6) is 1.74. The van der Waals surface area contributed by atoms with Gasteiger partial charge in [0.05, 0.1) is 6.54 Å². The number of para-hydroxylation sites is 1. The molecule has 1 unspecified atom stereocenters. The Hall–Kier alpha value is -1.49. The van der Waals surface area contributed by atoms with E-state index in [9.17, 15) is 13.2 Å². The van der Waals surface area contributed by atoms with Gasteiger partial charge in [0, 0.05) is 38.8 Å². The first-order valence-corrected chi connectivity index (χ1v) is 9.92. The van der Waals surface area contributed by atoms with E-state index >= 15 is 0 Å². The lowest BCUT2D eigenvalue weighted by molar-refractivity contribution is -0.146. The van der Waals surface area contributed by atoms with Gasteiger partial charge in [-0.1, -0.05) is 37.8 Å². The molecule has 0 aromatic heterocycles. The van der Waals surface area contributed by atoms with Crippen LogP contribution < -0.4 is 10.1 Å². The molecule has 0 saturated carbocycles. The van der Waals surface area contributed by atoms with E-state index in [0.717, 1.165) is 30.2 Å². The van der Waals surface area contributed by atoms with Crippen molar-refractivity contribution in [1.29, 1.82) is 0 Å². The van der Waals surface area contributed by atoms with Gasteiger partial charge >= 0.3 is 6.18 Å². The van der Waals surface area contributed by atoms with Crippen molar-refractivity contribution in [2.45, 2.75) is 26.1 Å². The number of likely N-dealkylation sites (tertiary alicyclic amines) is 1. The van der Waals surface area contributed by atoms with Gasteiger partial charge in [0.25, 0.3) is 0 Å². The molecule has 1 fully saturated rings. The van der Waals surface area contributed by atoms with Gasteiger partial charge < -0.3 is 15.0 Å². The third-order valence-corrected chi connectivity index (χ3v) is 4.93. The molecule has 2 rings (SSSR count). The average molecular weight is 540 g/mol. The van der Waals surface area contributed by atoms with Crippen LogP contribution in [0.4, 0.5) is 13.2 Å². The van der Waals surface area contributed by atoms with Gasteiger partial charge in [-0.15, -0.1) is 24.0 Å². The van der Waals surface area contributed by atoms with Crippen LogP contribution in [0.15, 0.2) is 41.9 Å². The molecule has 1 aromatic rings. The standard InChI is InChI=1S/C21H31F3N4O.HI/c1-4-12-29-19-9-7-6-8-18(19)13-26-20(25-3)28-11-10-17(15-28)14-27(5-2)16-21(22,23)24;/h4,6-9,17H,1,5,10-16H2,2-3H3,(H,25,26);1H. The van der Waals surface area contributed by atoms with Gasteiger partial charge in [0.2, 0.25) is 0 Å². The molecule has 1 aliphatic rings. The predicted molar refractivity (Wildman–Crippen MR) is 126 cm³/mol. The van der Waals surface area contributed by atoms with E-state index in [4.69, 9.17) is 4.74 Å². The van der Waals surface area contributed by atoms with Crippen LogP contribution in [0.25, 0.3) is 0 Å². The number of hydrogen-bond acceptors (Lipinski definition) is 3. The molecule has 1 heterocycles. The van der Waals surface area contributed by atoms with Gasteiger partial charge in [-0.05, 0) is 24.9 Å². The Bertz CT molecular complexity index is 684. The molecule has 1 N–H and O–H groups in total. The normalized spacial score (nSPS) is 17.1. The van der Waals surface area contributed by atoms with Crippen LogP contribution in [0.1, 0.15) is 18.9 Å². The minimum absolute atomic E-state index is 0. The number of benzene rings is 1. The molecule has 1 aromatic carbocycles. The second-order valence-electron chi connectivity index (χ2n) is 7.15. The van der Waals surface area contributed by atoms with E-state index in [2.05, 4.69) is 21.8 Å². The van der Waals surface area contributed by atoms with E-state index in [-0.39, 0.29) is 29.9 Å². The summed E-state index contributed by atoms with van der Waals surface area (Å²) in [5, 5.41) is 3.35. The minimum atomic E-state index is -4.16. The number of aliphatic imine (C=N–C) groups is 1. The smallest absolute Gasteiger partial charge is 0.401 e. The van der Waals surface area contributed by atoms with Crippen molar-refractivity contribution in [3.63, 3.8) is 0 Å². The molecule has 30 heavy (non-hydrogen) atoms. The number of alkyl halides is 3. The van der Waals surface area contributed by atoms with Crippen molar-refractivity contribution in [2.24, 2.45) is 10.9 Å². The zero-order valence-electron chi connectivity index (χ0n) is 17.6. The summed E-state index contributed by atoms with van der Waals surface area (Å²) in [7, 11) is 1.72. The van der Waals surface area contributed by atoms with Gasteiger partial charge in [-0.25, -0.2) is 0 Å². The fraction of sp³-hybridized carbons (Fsp3) is 0.571. The number of hydrogen-bond donors (Lipinski definition) is 1. The first-order chi connectivity index (χ1) is 13.9. The molecule has 0 aliphatic carbocycles. The maximum atomic E-state index is 12.7. The van der Waals surface area contributed by atoms with E-state index in [1.54, 1.807) is 20.0 Å². The summed E-state index contributed by atoms with van der Waals surface area (Å²) >= 11 is 0. The van der Waals surface area contributed by atoms with Gasteiger partial charge in [-0.2, -0.15) is 13.2 Å². The van der Waals surface area contributed by atoms with E-state index in [0.29, 0.717) is 32.8 Å². The highest BCUT2D eigenvalue weighted by Gasteiger charge is 2.33. The van der Waals surface area contributed by atoms with Crippen molar-refractivity contribution in [3.05, 3.63) is 42.5 Å². The van der Waals surface area contributed by atoms with Crippen molar-refractivity contribution in [1.82, 2.24) is 15.1 Å². The third-order valence-electron chi connectivity index (χ3n) is 4.93. The van der Waals surface area contributed by atoms with Crippen LogP contribution in [0.3, 0.4) is 0 Å². The van der Waals surface area contributed by atoms with Gasteiger partial charge in [0.15, 0.2) is 5.96 Å². The highest BCUT2D eigenvalue weighted by atomic mass is 127. The molecule has 0 spiro atoms. The van der Waals surface area contributed by atoms with Crippen molar-refractivity contribution in [3.8, 4) is 5.75 Å². The number of nitrogens with one attached hydrogen (secondary N) is 1. The first kappa shape index (κ1) is 26.5. The summed E-state index contributed by atoms with van der Waals surface area (Å²) in [4.78, 5) is 7.93. The summed E-state index contributed by atoms with van der Waals surface area (Å²) in [6, 6.07) is 7.77. The van der Waals surface area contributed by atoms with Crippen molar-refractivity contribution >= 4 is 29.9 Å². The quantitative estimate of drug-likeness (QED) is 0.221. The molecule has 1 saturated heterocycles. The van der Waals surface area contributed by atoms with Crippen LogP contribution in [-0.2, 0) is 6.54 Å². The molecule has 1 atom stereocenters. The number of guanidine groups is 1. The number of ether oxygens (including phenoxy) is 1. The molecule has 0 radical (unpaired) electrons. The van der Waals surface area contributed by atoms with E-state index in [1.807, 2.05) is 24.3 Å². The van der Waals surface area contributed by atoms with Crippen molar-refractivity contribution < 1.29 is 17.9 Å². The molecule has 0 bridgehead atoms. The number of halogens is 4. The number of rotatable bonds is 9. The van der Waals surface area contributed by atoms with Gasteiger partial charge in [-0.3, -0.25) is 9.89 Å². The fourth-order valence-corrected chi connectivity index (χ4v) is 3.54. The first-order valence-electron chi connectivity index (χ1n) is 9.92. The second-order valence-corrected chi connectivity index (χ2v) is 7.15. The maximum Gasteiger partial charge on any atom is 0.401 e. The van der Waals surface area contributed by atoms with Crippen LogP contribution in [0, 0.1) is 5.92 Å². The minimum Gasteiger partial charge on any atom is -0.489 e. The summed E-state index contributed by atoms with van der Waals surface area (Å²) in [5.41, 5.74) is 1.01. The Morgan fingerprint density at radius 3 is 2.77 bits per heavy atom. The molecule has 170 valence electrons. The molecule has 9 heteroatoms. The summed E-state index contributed by atoms with van der Waals surface area (Å²) < 4.78 is 43.8. The Kier molecular flexibility index (Phi) is 11.5. The zero-order valence-corrected chi connectivity index (χ0v) is 20.0. The topological polar surface area (TPSA) is 40.1 Å². The highest BCUT2D eigenvalue weighted by molar-refractivity contribution is 14.0. The maximum absolute atomic E-state index is 12.7. The predicted octanol–water partition coefficient (Wildman–Crippen LogP) is 4.15. The lowest BCUT2D eigenvalue weighted by Gasteiger charge is -2.26. The van der Waals surface area contributed by atoms with E-state index in [1.165, 1.54) is 4.90 Å². The largest absolute Gasteiger partial charge is 0.489 e. The fourth-order valence-electron chi connectivity index (χ4n) is 3.54. The monoisotopic (exact) mass is 540 g/mol. The van der Waals surface area contributed by atoms with Gasteiger partial charge in [0.1, 0.15) is 12.4 Å². The van der Waals surface area contributed by atoms with Crippen LogP contribution >= 0.6 is 24.0 Å². The van der Waals surface area contributed by atoms with Crippen LogP contribution in [-0.4, -0.2) is 68.3 Å². The molecule has 5 nitrogen and oxygen atoms in total. The molecular formula is C21H32F3IN4O. The highest BCUT2D eigenvalue weighted by Crippen LogP contribution is 2.22.